The lowest BCUT2D eigenvalue weighted by molar-refractivity contribution is 0.481. The molecule has 0 saturated heterocycles. The summed E-state index contributed by atoms with van der Waals surface area (Å²) in [6, 6.07) is 14.2. The second kappa shape index (κ2) is 5.22. The highest BCUT2D eigenvalue weighted by Gasteiger charge is 2.14. The van der Waals surface area contributed by atoms with E-state index in [-0.39, 0.29) is 11.7 Å². The van der Waals surface area contributed by atoms with Crippen molar-refractivity contribution in [3.05, 3.63) is 59.7 Å². The molecule has 6 N–H and O–H groups in total. The Bertz CT molecular complexity index is 623. The topological polar surface area (TPSA) is 109 Å². The van der Waals surface area contributed by atoms with Crippen LogP contribution in [0.1, 0.15) is 11.1 Å². The van der Waals surface area contributed by atoms with Gasteiger partial charge < -0.3 is 16.2 Å². The lowest BCUT2D eigenvalue weighted by atomic mass is 10.0. The minimum Gasteiger partial charge on any atom is -0.457 e. The largest absolute Gasteiger partial charge is 0.457 e. The lowest BCUT2D eigenvalue weighted by Gasteiger charge is -2.13. The van der Waals surface area contributed by atoms with Gasteiger partial charge in [0.05, 0.1) is 5.56 Å². The summed E-state index contributed by atoms with van der Waals surface area (Å²) in [6.45, 7) is 0. The van der Waals surface area contributed by atoms with Crippen LogP contribution in [0, 0.1) is 10.8 Å². The van der Waals surface area contributed by atoms with Gasteiger partial charge in [-0.1, -0.05) is 30.3 Å². The van der Waals surface area contributed by atoms with Gasteiger partial charge in [0.25, 0.3) is 0 Å². The summed E-state index contributed by atoms with van der Waals surface area (Å²) in [5.74, 6) is 0.706. The van der Waals surface area contributed by atoms with Crippen LogP contribution >= 0.6 is 0 Å². The molecule has 19 heavy (non-hydrogen) atoms. The second-order valence-corrected chi connectivity index (χ2v) is 3.92. The molecule has 2 aromatic carbocycles. The third kappa shape index (κ3) is 2.71. The third-order valence-corrected chi connectivity index (χ3v) is 2.56. The van der Waals surface area contributed by atoms with Crippen molar-refractivity contribution >= 4 is 11.7 Å². The highest BCUT2D eigenvalue weighted by molar-refractivity contribution is 6.09. The summed E-state index contributed by atoms with van der Waals surface area (Å²) in [6.07, 6.45) is 0. The minimum atomic E-state index is -0.184. The van der Waals surface area contributed by atoms with Gasteiger partial charge in [0.15, 0.2) is 0 Å². The van der Waals surface area contributed by atoms with E-state index in [0.29, 0.717) is 22.6 Å². The molecule has 0 aliphatic rings. The molecular weight excluding hydrogens is 240 g/mol. The fourth-order valence-electron chi connectivity index (χ4n) is 1.73. The van der Waals surface area contributed by atoms with Gasteiger partial charge in [0.1, 0.15) is 23.2 Å². The molecule has 0 amide bonds. The van der Waals surface area contributed by atoms with Gasteiger partial charge in [-0.3, -0.25) is 10.8 Å². The van der Waals surface area contributed by atoms with Gasteiger partial charge in [-0.25, -0.2) is 0 Å². The summed E-state index contributed by atoms with van der Waals surface area (Å²) in [5, 5.41) is 15.1. The first kappa shape index (κ1) is 12.6. The van der Waals surface area contributed by atoms with Crippen molar-refractivity contribution in [1.82, 2.24) is 0 Å². The highest BCUT2D eigenvalue weighted by Crippen LogP contribution is 2.27. The van der Waals surface area contributed by atoms with Crippen molar-refractivity contribution in [2.75, 3.05) is 0 Å². The summed E-state index contributed by atoms with van der Waals surface area (Å²) in [4.78, 5) is 0. The van der Waals surface area contributed by atoms with Crippen molar-refractivity contribution in [1.29, 1.82) is 10.8 Å². The van der Waals surface area contributed by atoms with E-state index in [1.807, 2.05) is 18.2 Å². The fraction of sp³-hybridized carbons (Fsp3) is 0. The van der Waals surface area contributed by atoms with Crippen molar-refractivity contribution in [3.8, 4) is 11.5 Å². The molecule has 0 bridgehead atoms. The minimum absolute atomic E-state index is 0.149. The van der Waals surface area contributed by atoms with Crippen molar-refractivity contribution < 1.29 is 4.74 Å². The Hall–Kier alpha value is -2.82. The van der Waals surface area contributed by atoms with Crippen molar-refractivity contribution in [3.63, 3.8) is 0 Å². The Balaban J connectivity index is 2.48. The molecule has 5 nitrogen and oxygen atoms in total. The van der Waals surface area contributed by atoms with E-state index >= 15 is 0 Å². The van der Waals surface area contributed by atoms with Crippen molar-refractivity contribution in [2.45, 2.75) is 0 Å². The monoisotopic (exact) mass is 254 g/mol. The molecule has 0 unspecified atom stereocenters. The Morgan fingerprint density at radius 3 is 2.11 bits per heavy atom. The molecule has 2 rings (SSSR count). The molecule has 2 aromatic rings. The van der Waals surface area contributed by atoms with E-state index in [4.69, 9.17) is 27.0 Å². The third-order valence-electron chi connectivity index (χ3n) is 2.56. The van der Waals surface area contributed by atoms with Gasteiger partial charge in [-0.2, -0.15) is 0 Å². The van der Waals surface area contributed by atoms with Gasteiger partial charge in [0.2, 0.25) is 0 Å². The molecule has 0 fully saturated rings. The number of benzene rings is 2. The number of rotatable bonds is 4. The van der Waals surface area contributed by atoms with Crippen LogP contribution in [0.2, 0.25) is 0 Å². The Labute approximate surface area is 110 Å². The normalized spacial score (nSPS) is 9.89. The fourth-order valence-corrected chi connectivity index (χ4v) is 1.73. The van der Waals surface area contributed by atoms with Crippen LogP contribution in [0.3, 0.4) is 0 Å². The first-order chi connectivity index (χ1) is 9.09. The van der Waals surface area contributed by atoms with Crippen LogP contribution in [0.5, 0.6) is 11.5 Å². The quantitative estimate of drug-likeness (QED) is 0.495. The lowest BCUT2D eigenvalue weighted by Crippen LogP contribution is -2.21. The number of hydrogen-bond acceptors (Lipinski definition) is 3. The second-order valence-electron chi connectivity index (χ2n) is 3.92. The van der Waals surface area contributed by atoms with E-state index in [1.165, 1.54) is 0 Å². The predicted octanol–water partition coefficient (Wildman–Crippen LogP) is 2.05. The number of nitrogen functional groups attached to an aromatic ring is 2. The summed E-state index contributed by atoms with van der Waals surface area (Å²) >= 11 is 0. The number of para-hydroxylation sites is 1. The maximum absolute atomic E-state index is 7.62. The Morgan fingerprint density at radius 1 is 0.842 bits per heavy atom. The van der Waals surface area contributed by atoms with Gasteiger partial charge in [-0.15, -0.1) is 0 Å². The SMILES string of the molecule is N=C(N)c1cccc(Oc2ccccc2)c1C(=N)N. The van der Waals surface area contributed by atoms with E-state index in [9.17, 15) is 0 Å². The van der Waals surface area contributed by atoms with Crippen LogP contribution < -0.4 is 16.2 Å². The van der Waals surface area contributed by atoms with E-state index in [0.717, 1.165) is 0 Å². The zero-order chi connectivity index (χ0) is 13.8. The average Bonchev–Trinajstić information content (AvgIpc) is 2.39. The van der Waals surface area contributed by atoms with Gasteiger partial charge in [0, 0.05) is 5.56 Å². The Kier molecular flexibility index (Phi) is 3.47. The predicted molar refractivity (Wildman–Crippen MR) is 75.0 cm³/mol. The smallest absolute Gasteiger partial charge is 0.139 e. The van der Waals surface area contributed by atoms with E-state index in [2.05, 4.69) is 0 Å². The number of hydrogen-bond donors (Lipinski definition) is 4. The van der Waals surface area contributed by atoms with Crippen LogP contribution in [-0.4, -0.2) is 11.7 Å². The maximum atomic E-state index is 7.62. The molecule has 0 atom stereocenters. The van der Waals surface area contributed by atoms with E-state index < -0.39 is 0 Å². The molecule has 0 radical (unpaired) electrons. The average molecular weight is 254 g/mol. The molecule has 96 valence electrons. The Morgan fingerprint density at radius 2 is 1.53 bits per heavy atom. The first-order valence-corrected chi connectivity index (χ1v) is 5.64. The number of ether oxygens (including phenoxy) is 1. The van der Waals surface area contributed by atoms with E-state index in [1.54, 1.807) is 30.3 Å². The summed E-state index contributed by atoms with van der Waals surface area (Å²) in [5.41, 5.74) is 11.8. The van der Waals surface area contributed by atoms with Crippen molar-refractivity contribution in [2.24, 2.45) is 11.5 Å². The molecule has 5 heteroatoms. The highest BCUT2D eigenvalue weighted by atomic mass is 16.5. The molecule has 0 spiro atoms. The number of nitrogens with two attached hydrogens (primary N) is 2. The summed E-state index contributed by atoms with van der Waals surface area (Å²) in [7, 11) is 0. The van der Waals surface area contributed by atoms with Crippen LogP contribution in [0.25, 0.3) is 0 Å². The zero-order valence-corrected chi connectivity index (χ0v) is 10.2. The number of nitrogens with one attached hydrogen (secondary N) is 2. The standard InChI is InChI=1S/C14H14N4O/c15-13(16)10-7-4-8-11(12(10)14(17)18)19-9-5-2-1-3-6-9/h1-8H,(H3,15,16)(H3,17,18). The van der Waals surface area contributed by atoms with Gasteiger partial charge in [-0.05, 0) is 18.2 Å². The maximum Gasteiger partial charge on any atom is 0.139 e. The number of amidine groups is 2. The molecule has 0 aromatic heterocycles. The van der Waals surface area contributed by atoms with Crippen LogP contribution in [0.4, 0.5) is 0 Å². The summed E-state index contributed by atoms with van der Waals surface area (Å²) < 4.78 is 5.69. The molecule has 0 aliphatic heterocycles. The van der Waals surface area contributed by atoms with Crippen LogP contribution in [0.15, 0.2) is 48.5 Å². The zero-order valence-electron chi connectivity index (χ0n) is 10.2. The molecular formula is C14H14N4O. The van der Waals surface area contributed by atoms with Crippen LogP contribution in [-0.2, 0) is 0 Å². The first-order valence-electron chi connectivity index (χ1n) is 5.64. The molecule has 0 saturated carbocycles. The van der Waals surface area contributed by atoms with Gasteiger partial charge >= 0.3 is 0 Å². The molecule has 0 aliphatic carbocycles. The molecule has 0 heterocycles.